The maximum absolute atomic E-state index is 13.1. The number of benzene rings is 2. The topological polar surface area (TPSA) is 58.6 Å². The summed E-state index contributed by atoms with van der Waals surface area (Å²) in [5, 5.41) is 2.64. The number of fused-ring (bicyclic) bond motifs is 1. The number of hydrogen-bond donors (Lipinski definition) is 1. The summed E-state index contributed by atoms with van der Waals surface area (Å²) in [4.78, 5) is 26.9. The first-order valence-corrected chi connectivity index (χ1v) is 7.43. The van der Waals surface area contributed by atoms with Gasteiger partial charge in [-0.05, 0) is 23.8 Å². The smallest absolute Gasteiger partial charge is 0.262 e. The summed E-state index contributed by atoms with van der Waals surface area (Å²) in [7, 11) is 3.11. The van der Waals surface area contributed by atoms with Gasteiger partial charge in [-0.15, -0.1) is 0 Å². The zero-order valence-corrected chi connectivity index (χ0v) is 13.1. The van der Waals surface area contributed by atoms with Crippen molar-refractivity contribution in [3.8, 4) is 5.75 Å². The van der Waals surface area contributed by atoms with E-state index in [2.05, 4.69) is 5.32 Å². The molecule has 2 aromatic rings. The van der Waals surface area contributed by atoms with Crippen LogP contribution in [0.25, 0.3) is 0 Å². The van der Waals surface area contributed by atoms with Crippen molar-refractivity contribution in [2.75, 3.05) is 19.1 Å². The molecule has 1 N–H and O–H groups in total. The van der Waals surface area contributed by atoms with Gasteiger partial charge in [0, 0.05) is 19.2 Å². The first-order chi connectivity index (χ1) is 11.2. The van der Waals surface area contributed by atoms with Gasteiger partial charge in [-0.25, -0.2) is 0 Å². The average molecular weight is 310 g/mol. The maximum atomic E-state index is 13.1. The Labute approximate surface area is 134 Å². The van der Waals surface area contributed by atoms with Crippen molar-refractivity contribution in [1.29, 1.82) is 0 Å². The molecule has 118 valence electrons. The van der Waals surface area contributed by atoms with Crippen LogP contribution >= 0.6 is 0 Å². The SMILES string of the molecule is CNC(=O)C1Cc2ccccc2N1C(=O)c1ccccc1OC. The number of para-hydroxylation sites is 2. The lowest BCUT2D eigenvalue weighted by Gasteiger charge is -2.25. The molecule has 0 aliphatic carbocycles. The van der Waals surface area contributed by atoms with Gasteiger partial charge in [0.2, 0.25) is 5.91 Å². The molecule has 1 atom stereocenters. The number of ether oxygens (including phenoxy) is 1. The van der Waals surface area contributed by atoms with E-state index < -0.39 is 6.04 Å². The monoisotopic (exact) mass is 310 g/mol. The van der Waals surface area contributed by atoms with Crippen LogP contribution in [0, 0.1) is 0 Å². The van der Waals surface area contributed by atoms with E-state index in [-0.39, 0.29) is 11.8 Å². The Hall–Kier alpha value is -2.82. The molecule has 23 heavy (non-hydrogen) atoms. The minimum Gasteiger partial charge on any atom is -0.496 e. The van der Waals surface area contributed by atoms with E-state index in [0.717, 1.165) is 11.3 Å². The number of carbonyl (C=O) groups is 2. The molecule has 5 nitrogen and oxygen atoms in total. The number of methoxy groups -OCH3 is 1. The van der Waals surface area contributed by atoms with E-state index in [1.165, 1.54) is 7.11 Å². The molecule has 1 heterocycles. The van der Waals surface area contributed by atoms with E-state index >= 15 is 0 Å². The van der Waals surface area contributed by atoms with Gasteiger partial charge in [-0.3, -0.25) is 14.5 Å². The van der Waals surface area contributed by atoms with Gasteiger partial charge in [0.15, 0.2) is 0 Å². The fourth-order valence-electron chi connectivity index (χ4n) is 2.96. The van der Waals surface area contributed by atoms with Gasteiger partial charge in [0.25, 0.3) is 5.91 Å². The fraction of sp³-hybridized carbons (Fsp3) is 0.222. The Balaban J connectivity index is 2.07. The molecule has 2 aromatic carbocycles. The highest BCUT2D eigenvalue weighted by molar-refractivity contribution is 6.12. The predicted molar refractivity (Wildman–Crippen MR) is 87.8 cm³/mol. The Kier molecular flexibility index (Phi) is 4.02. The standard InChI is InChI=1S/C18H18N2O3/c1-19-17(21)15-11-12-7-3-5-9-14(12)20(15)18(22)13-8-4-6-10-16(13)23-2/h3-10,15H,11H2,1-2H3,(H,19,21). The maximum Gasteiger partial charge on any atom is 0.262 e. The minimum absolute atomic E-state index is 0.176. The van der Waals surface area contributed by atoms with E-state index in [9.17, 15) is 9.59 Å². The first-order valence-electron chi connectivity index (χ1n) is 7.43. The summed E-state index contributed by atoms with van der Waals surface area (Å²) in [5.41, 5.74) is 2.21. The molecule has 0 saturated carbocycles. The Bertz CT molecular complexity index is 757. The van der Waals surface area contributed by atoms with Gasteiger partial charge in [-0.2, -0.15) is 0 Å². The normalized spacial score (nSPS) is 15.9. The number of likely N-dealkylation sites (N-methyl/N-ethyl adjacent to an activating group) is 1. The highest BCUT2D eigenvalue weighted by Gasteiger charge is 2.38. The van der Waals surface area contributed by atoms with E-state index in [4.69, 9.17) is 4.74 Å². The van der Waals surface area contributed by atoms with Crippen LogP contribution in [0.4, 0.5) is 5.69 Å². The third-order valence-corrected chi connectivity index (χ3v) is 4.08. The van der Waals surface area contributed by atoms with Gasteiger partial charge in [0.05, 0.1) is 12.7 Å². The zero-order valence-electron chi connectivity index (χ0n) is 13.1. The van der Waals surface area contributed by atoms with Crippen molar-refractivity contribution < 1.29 is 14.3 Å². The van der Waals surface area contributed by atoms with Crippen LogP contribution in [0.1, 0.15) is 15.9 Å². The number of nitrogens with one attached hydrogen (secondary N) is 1. The number of hydrogen-bond acceptors (Lipinski definition) is 3. The molecule has 0 bridgehead atoms. The lowest BCUT2D eigenvalue weighted by atomic mass is 10.1. The molecular formula is C18H18N2O3. The van der Waals surface area contributed by atoms with Crippen LogP contribution < -0.4 is 15.0 Å². The number of rotatable bonds is 3. The minimum atomic E-state index is -0.546. The van der Waals surface area contributed by atoms with Gasteiger partial charge in [0.1, 0.15) is 11.8 Å². The van der Waals surface area contributed by atoms with Crippen molar-refractivity contribution in [1.82, 2.24) is 5.32 Å². The molecule has 1 unspecified atom stereocenters. The number of amides is 2. The summed E-state index contributed by atoms with van der Waals surface area (Å²) in [6, 6.07) is 14.1. The van der Waals surface area contributed by atoms with Gasteiger partial charge in [-0.1, -0.05) is 30.3 Å². The highest BCUT2D eigenvalue weighted by Crippen LogP contribution is 2.34. The molecule has 1 aliphatic heterocycles. The predicted octanol–water partition coefficient (Wildman–Crippen LogP) is 2.01. The van der Waals surface area contributed by atoms with Gasteiger partial charge >= 0.3 is 0 Å². The van der Waals surface area contributed by atoms with Crippen LogP contribution in [0.2, 0.25) is 0 Å². The van der Waals surface area contributed by atoms with Crippen molar-refractivity contribution in [3.05, 3.63) is 59.7 Å². The Morgan fingerprint density at radius 3 is 2.57 bits per heavy atom. The number of carbonyl (C=O) groups excluding carboxylic acids is 2. The first kappa shape index (κ1) is 15.1. The number of nitrogens with zero attached hydrogens (tertiary/aromatic N) is 1. The molecule has 1 aliphatic rings. The summed E-state index contributed by atoms with van der Waals surface area (Å²) < 4.78 is 5.29. The van der Waals surface area contributed by atoms with Crippen LogP contribution in [0.3, 0.4) is 0 Å². The van der Waals surface area contributed by atoms with E-state index in [1.54, 1.807) is 30.1 Å². The van der Waals surface area contributed by atoms with Crippen LogP contribution in [0.5, 0.6) is 5.75 Å². The van der Waals surface area contributed by atoms with Crippen LogP contribution in [0.15, 0.2) is 48.5 Å². The second-order valence-electron chi connectivity index (χ2n) is 5.34. The number of anilines is 1. The second kappa shape index (κ2) is 6.12. The summed E-state index contributed by atoms with van der Waals surface area (Å²) in [5.74, 6) is 0.0861. The molecule has 5 heteroatoms. The zero-order chi connectivity index (χ0) is 16.4. The average Bonchev–Trinajstić information content (AvgIpc) is 2.99. The van der Waals surface area contributed by atoms with Crippen LogP contribution in [-0.4, -0.2) is 32.0 Å². The Morgan fingerprint density at radius 1 is 1.13 bits per heavy atom. The molecule has 2 amide bonds. The van der Waals surface area contributed by atoms with Crippen molar-refractivity contribution in [2.45, 2.75) is 12.5 Å². The second-order valence-corrected chi connectivity index (χ2v) is 5.34. The van der Waals surface area contributed by atoms with E-state index in [1.807, 2.05) is 30.3 Å². The molecule has 0 fully saturated rings. The third kappa shape index (κ3) is 2.54. The molecular weight excluding hydrogens is 292 g/mol. The molecule has 0 saturated heterocycles. The van der Waals surface area contributed by atoms with Crippen molar-refractivity contribution in [2.24, 2.45) is 0 Å². The van der Waals surface area contributed by atoms with Crippen molar-refractivity contribution >= 4 is 17.5 Å². The summed E-state index contributed by atoms with van der Waals surface area (Å²) in [6.45, 7) is 0. The molecule has 0 radical (unpaired) electrons. The lowest BCUT2D eigenvalue weighted by molar-refractivity contribution is -0.121. The Morgan fingerprint density at radius 2 is 1.83 bits per heavy atom. The largest absolute Gasteiger partial charge is 0.496 e. The fourth-order valence-corrected chi connectivity index (χ4v) is 2.96. The summed E-state index contributed by atoms with van der Waals surface area (Å²) in [6.07, 6.45) is 0.511. The van der Waals surface area contributed by atoms with E-state index in [0.29, 0.717) is 17.7 Å². The quantitative estimate of drug-likeness (QED) is 0.943. The molecule has 0 spiro atoms. The molecule has 0 aromatic heterocycles. The van der Waals surface area contributed by atoms with Crippen LogP contribution in [-0.2, 0) is 11.2 Å². The lowest BCUT2D eigenvalue weighted by Crippen LogP contribution is -2.47. The van der Waals surface area contributed by atoms with Crippen molar-refractivity contribution in [3.63, 3.8) is 0 Å². The molecule has 3 rings (SSSR count). The summed E-state index contributed by atoms with van der Waals surface area (Å²) >= 11 is 0. The highest BCUT2D eigenvalue weighted by atomic mass is 16.5. The third-order valence-electron chi connectivity index (χ3n) is 4.08. The van der Waals surface area contributed by atoms with Gasteiger partial charge < -0.3 is 10.1 Å².